The number of hydrogen-bond donors (Lipinski definition) is 2. The van der Waals surface area contributed by atoms with Crippen LogP contribution in [0.5, 0.6) is 0 Å². The molecular formula is C10H20N4O. The van der Waals surface area contributed by atoms with Crippen LogP contribution in [0.2, 0.25) is 0 Å². The molecule has 0 aliphatic heterocycles. The quantitative estimate of drug-likeness (QED) is 0.462. The first-order chi connectivity index (χ1) is 7.06. The number of primary amides is 1. The van der Waals surface area contributed by atoms with Crippen molar-refractivity contribution in [3.8, 4) is 0 Å². The molecule has 0 rings (SSSR count). The van der Waals surface area contributed by atoms with E-state index in [1.807, 2.05) is 13.8 Å². The van der Waals surface area contributed by atoms with Gasteiger partial charge in [0.05, 0.1) is 12.5 Å². The Labute approximate surface area is 90.8 Å². The molecule has 0 fully saturated rings. The van der Waals surface area contributed by atoms with Gasteiger partial charge in [0, 0.05) is 19.0 Å². The van der Waals surface area contributed by atoms with E-state index in [9.17, 15) is 4.79 Å². The number of nitrogens with one attached hydrogen (secondary N) is 1. The minimum Gasteiger partial charge on any atom is -0.369 e. The number of hydrazone groups is 1. The number of hydrogen-bond acceptors (Lipinski definition) is 4. The summed E-state index contributed by atoms with van der Waals surface area (Å²) in [5.41, 5.74) is 5.51. The van der Waals surface area contributed by atoms with Gasteiger partial charge in [-0.2, -0.15) is 5.10 Å². The fourth-order valence-corrected chi connectivity index (χ4v) is 1.38. The van der Waals surface area contributed by atoms with Gasteiger partial charge in [0.1, 0.15) is 0 Å². The average molecular weight is 212 g/mol. The van der Waals surface area contributed by atoms with E-state index >= 15 is 0 Å². The maximum atomic E-state index is 11.0. The fraction of sp³-hybridized carbons (Fsp3) is 0.700. The van der Waals surface area contributed by atoms with Gasteiger partial charge in [-0.25, -0.2) is 0 Å². The standard InChI is InChI=1S/C10H20N4O/c1-4-6-14(13-3)7-9(11)8(5-2)10(12)15/h8,11H,3-7H2,1-2H3,(H2,12,15). The van der Waals surface area contributed by atoms with Crippen molar-refractivity contribution >= 4 is 18.3 Å². The molecule has 0 aromatic rings. The fourth-order valence-electron chi connectivity index (χ4n) is 1.38. The monoisotopic (exact) mass is 212 g/mol. The van der Waals surface area contributed by atoms with Crippen molar-refractivity contribution in [2.24, 2.45) is 16.8 Å². The van der Waals surface area contributed by atoms with Crippen LogP contribution >= 0.6 is 0 Å². The third kappa shape index (κ3) is 4.58. The number of nitrogens with two attached hydrogens (primary N) is 1. The second-order valence-corrected chi connectivity index (χ2v) is 3.42. The minimum atomic E-state index is -0.480. The molecule has 5 nitrogen and oxygen atoms in total. The summed E-state index contributed by atoms with van der Waals surface area (Å²) in [6.07, 6.45) is 1.49. The molecule has 0 aromatic carbocycles. The second kappa shape index (κ2) is 6.98. The highest BCUT2D eigenvalue weighted by molar-refractivity contribution is 6.02. The molecule has 0 saturated heterocycles. The highest BCUT2D eigenvalue weighted by Crippen LogP contribution is 2.05. The van der Waals surface area contributed by atoms with E-state index in [0.717, 1.165) is 13.0 Å². The van der Waals surface area contributed by atoms with Crippen molar-refractivity contribution < 1.29 is 4.79 Å². The molecular weight excluding hydrogens is 192 g/mol. The van der Waals surface area contributed by atoms with Gasteiger partial charge in [-0.1, -0.05) is 13.8 Å². The summed E-state index contributed by atoms with van der Waals surface area (Å²) in [6, 6.07) is 0. The van der Waals surface area contributed by atoms with E-state index in [1.165, 1.54) is 0 Å². The summed E-state index contributed by atoms with van der Waals surface area (Å²) in [6.45, 7) is 8.36. The summed E-state index contributed by atoms with van der Waals surface area (Å²) in [7, 11) is 0. The Morgan fingerprint density at radius 2 is 2.20 bits per heavy atom. The van der Waals surface area contributed by atoms with Crippen molar-refractivity contribution in [1.29, 1.82) is 5.41 Å². The number of rotatable bonds is 8. The van der Waals surface area contributed by atoms with Gasteiger partial charge >= 0.3 is 0 Å². The van der Waals surface area contributed by atoms with Crippen molar-refractivity contribution in [2.45, 2.75) is 26.7 Å². The Kier molecular flexibility index (Phi) is 6.33. The maximum Gasteiger partial charge on any atom is 0.226 e. The maximum absolute atomic E-state index is 11.0. The Hall–Kier alpha value is -1.39. The van der Waals surface area contributed by atoms with Crippen LogP contribution in [0.15, 0.2) is 5.10 Å². The summed E-state index contributed by atoms with van der Waals surface area (Å²) in [5.74, 6) is -0.922. The SMILES string of the molecule is C=NN(CCC)CC(=N)C(CC)C(N)=O. The van der Waals surface area contributed by atoms with Gasteiger partial charge in [-0.05, 0) is 12.8 Å². The number of amides is 1. The molecule has 1 unspecified atom stereocenters. The van der Waals surface area contributed by atoms with Crippen molar-refractivity contribution in [3.05, 3.63) is 0 Å². The van der Waals surface area contributed by atoms with Crippen LogP contribution in [0.1, 0.15) is 26.7 Å². The van der Waals surface area contributed by atoms with Crippen LogP contribution in [-0.4, -0.2) is 36.4 Å². The highest BCUT2D eigenvalue weighted by atomic mass is 16.1. The van der Waals surface area contributed by atoms with Crippen LogP contribution in [0.25, 0.3) is 0 Å². The van der Waals surface area contributed by atoms with Gasteiger partial charge in [0.15, 0.2) is 0 Å². The van der Waals surface area contributed by atoms with E-state index in [0.29, 0.717) is 18.7 Å². The third-order valence-electron chi connectivity index (χ3n) is 2.21. The zero-order valence-electron chi connectivity index (χ0n) is 9.49. The highest BCUT2D eigenvalue weighted by Gasteiger charge is 2.19. The molecule has 0 radical (unpaired) electrons. The van der Waals surface area contributed by atoms with E-state index in [1.54, 1.807) is 5.01 Å². The zero-order chi connectivity index (χ0) is 11.8. The minimum absolute atomic E-state index is 0.311. The van der Waals surface area contributed by atoms with E-state index in [-0.39, 0.29) is 0 Å². The van der Waals surface area contributed by atoms with E-state index < -0.39 is 11.8 Å². The van der Waals surface area contributed by atoms with Crippen LogP contribution in [0.4, 0.5) is 0 Å². The predicted molar refractivity (Wildman–Crippen MR) is 62.1 cm³/mol. The summed E-state index contributed by atoms with van der Waals surface area (Å²) in [5, 5.41) is 13.2. The number of carbonyl (C=O) groups is 1. The zero-order valence-corrected chi connectivity index (χ0v) is 9.49. The molecule has 15 heavy (non-hydrogen) atoms. The molecule has 0 heterocycles. The smallest absolute Gasteiger partial charge is 0.226 e. The lowest BCUT2D eigenvalue weighted by atomic mass is 9.99. The largest absolute Gasteiger partial charge is 0.369 e. The van der Waals surface area contributed by atoms with E-state index in [2.05, 4.69) is 11.8 Å². The van der Waals surface area contributed by atoms with Crippen LogP contribution in [0, 0.1) is 11.3 Å². The molecule has 0 aromatic heterocycles. The lowest BCUT2D eigenvalue weighted by molar-refractivity contribution is -0.120. The lowest BCUT2D eigenvalue weighted by Crippen LogP contribution is -2.36. The molecule has 0 aliphatic rings. The topological polar surface area (TPSA) is 82.5 Å². The predicted octanol–water partition coefficient (Wildman–Crippen LogP) is 0.845. The molecule has 1 amide bonds. The Morgan fingerprint density at radius 1 is 1.60 bits per heavy atom. The number of nitrogens with zero attached hydrogens (tertiary/aromatic N) is 2. The van der Waals surface area contributed by atoms with Crippen LogP contribution < -0.4 is 5.73 Å². The molecule has 5 heteroatoms. The Bertz CT molecular complexity index is 240. The molecule has 86 valence electrons. The molecule has 3 N–H and O–H groups in total. The Morgan fingerprint density at radius 3 is 2.53 bits per heavy atom. The first-order valence-electron chi connectivity index (χ1n) is 5.14. The third-order valence-corrected chi connectivity index (χ3v) is 2.21. The van der Waals surface area contributed by atoms with Crippen molar-refractivity contribution in [3.63, 3.8) is 0 Å². The van der Waals surface area contributed by atoms with Gasteiger partial charge in [0.25, 0.3) is 0 Å². The van der Waals surface area contributed by atoms with Gasteiger partial charge in [0.2, 0.25) is 5.91 Å². The first kappa shape index (κ1) is 13.6. The van der Waals surface area contributed by atoms with Gasteiger partial charge in [-0.15, -0.1) is 0 Å². The van der Waals surface area contributed by atoms with Crippen molar-refractivity contribution in [2.75, 3.05) is 13.1 Å². The first-order valence-corrected chi connectivity index (χ1v) is 5.14. The molecule has 1 atom stereocenters. The summed E-state index contributed by atoms with van der Waals surface area (Å²) in [4.78, 5) is 11.0. The Balaban J connectivity index is 4.30. The average Bonchev–Trinajstić information content (AvgIpc) is 2.17. The molecule has 0 spiro atoms. The van der Waals surface area contributed by atoms with Gasteiger partial charge in [-0.3, -0.25) is 9.80 Å². The molecule has 0 aliphatic carbocycles. The second-order valence-electron chi connectivity index (χ2n) is 3.42. The van der Waals surface area contributed by atoms with E-state index in [4.69, 9.17) is 11.1 Å². The van der Waals surface area contributed by atoms with Crippen LogP contribution in [0.3, 0.4) is 0 Å². The lowest BCUT2D eigenvalue weighted by Gasteiger charge is -2.20. The molecule has 0 saturated carbocycles. The van der Waals surface area contributed by atoms with Gasteiger partial charge < -0.3 is 11.1 Å². The molecule has 0 bridgehead atoms. The summed E-state index contributed by atoms with van der Waals surface area (Å²) >= 11 is 0. The van der Waals surface area contributed by atoms with Crippen molar-refractivity contribution in [1.82, 2.24) is 5.01 Å². The number of carbonyl (C=O) groups excluding carboxylic acids is 1. The normalized spacial score (nSPS) is 11.9. The summed E-state index contributed by atoms with van der Waals surface area (Å²) < 4.78 is 0. The van der Waals surface area contributed by atoms with Crippen LogP contribution in [-0.2, 0) is 4.79 Å².